The minimum atomic E-state index is -4.27. The smallest absolute Gasteiger partial charge is 0.264 e. The molecule has 1 amide bonds. The molecule has 2 aromatic carbocycles. The van der Waals surface area contributed by atoms with Crippen molar-refractivity contribution in [3.8, 4) is 0 Å². The maximum Gasteiger partial charge on any atom is 0.264 e. The van der Waals surface area contributed by atoms with E-state index in [4.69, 9.17) is 0 Å². The number of rotatable bonds is 4. The van der Waals surface area contributed by atoms with Crippen molar-refractivity contribution in [2.75, 3.05) is 16.2 Å². The van der Waals surface area contributed by atoms with Gasteiger partial charge in [0.05, 0.1) is 0 Å². The highest BCUT2D eigenvalue weighted by atomic mass is 32.2. The fourth-order valence-electron chi connectivity index (χ4n) is 3.00. The Morgan fingerprint density at radius 2 is 1.96 bits per heavy atom. The molecule has 138 valence electrons. The van der Waals surface area contributed by atoms with Crippen LogP contribution in [0.2, 0.25) is 0 Å². The number of nitrogens with one attached hydrogen (secondary N) is 1. The van der Waals surface area contributed by atoms with Crippen LogP contribution >= 0.6 is 0 Å². The van der Waals surface area contributed by atoms with Gasteiger partial charge in [-0.2, -0.15) is 0 Å². The third kappa shape index (κ3) is 3.55. The number of carbonyl (C=O) groups is 1. The van der Waals surface area contributed by atoms with Crippen molar-refractivity contribution in [2.24, 2.45) is 0 Å². The molecule has 0 radical (unpaired) electrons. The number of benzene rings is 2. The highest BCUT2D eigenvalue weighted by Gasteiger charge is 2.24. The first kappa shape index (κ1) is 18.3. The second kappa shape index (κ2) is 7.03. The fraction of sp³-hybridized carbons (Fsp3) is 0.278. The van der Waals surface area contributed by atoms with Crippen LogP contribution in [0.25, 0.3) is 0 Å². The lowest BCUT2D eigenvalue weighted by molar-refractivity contribution is -0.118. The quantitative estimate of drug-likeness (QED) is 0.883. The number of fused-ring (bicyclic) bond motifs is 1. The summed E-state index contributed by atoms with van der Waals surface area (Å²) < 4.78 is 54.1. The Balaban J connectivity index is 1.92. The molecule has 0 fully saturated rings. The molecule has 5 nitrogen and oxygen atoms in total. The molecule has 1 aliphatic heterocycles. The number of hydrogen-bond acceptors (Lipinski definition) is 3. The summed E-state index contributed by atoms with van der Waals surface area (Å²) in [6, 6.07) is 7.06. The van der Waals surface area contributed by atoms with Gasteiger partial charge < -0.3 is 4.90 Å². The second-order valence-corrected chi connectivity index (χ2v) is 7.68. The van der Waals surface area contributed by atoms with Crippen molar-refractivity contribution in [3.05, 3.63) is 53.6 Å². The van der Waals surface area contributed by atoms with Crippen molar-refractivity contribution in [3.63, 3.8) is 0 Å². The molecular formula is C18H18F2N2O3S. The van der Waals surface area contributed by atoms with Gasteiger partial charge in [0.25, 0.3) is 10.0 Å². The number of nitrogens with zero attached hydrogens (tertiary/aromatic N) is 1. The Morgan fingerprint density at radius 1 is 1.19 bits per heavy atom. The molecule has 1 heterocycles. The summed E-state index contributed by atoms with van der Waals surface area (Å²) in [5.41, 5.74) is 1.82. The number of anilines is 2. The molecule has 1 N–H and O–H groups in total. The van der Waals surface area contributed by atoms with Gasteiger partial charge in [-0.1, -0.05) is 6.92 Å². The molecular weight excluding hydrogens is 362 g/mol. The normalized spacial score (nSPS) is 14.0. The summed E-state index contributed by atoms with van der Waals surface area (Å²) in [5.74, 6) is -1.87. The van der Waals surface area contributed by atoms with Crippen LogP contribution in [0.3, 0.4) is 0 Å². The first-order chi connectivity index (χ1) is 12.3. The van der Waals surface area contributed by atoms with E-state index in [0.29, 0.717) is 25.5 Å². The zero-order valence-electron chi connectivity index (χ0n) is 14.1. The number of sulfonamides is 1. The van der Waals surface area contributed by atoms with Crippen LogP contribution in [-0.2, 0) is 21.2 Å². The standard InChI is InChI=1S/C18H18F2N2O3S/c1-2-18(23)22-9-3-4-12-10-14(6-8-16(12)22)21-26(24,25)17-11-13(19)5-7-15(17)20/h5-8,10-11,21H,2-4,9H2,1H3. The van der Waals surface area contributed by atoms with Crippen LogP contribution in [0.5, 0.6) is 0 Å². The minimum Gasteiger partial charge on any atom is -0.312 e. The van der Waals surface area contributed by atoms with E-state index < -0.39 is 26.6 Å². The van der Waals surface area contributed by atoms with Gasteiger partial charge >= 0.3 is 0 Å². The van der Waals surface area contributed by atoms with Crippen LogP contribution in [0.15, 0.2) is 41.3 Å². The van der Waals surface area contributed by atoms with E-state index in [1.807, 2.05) is 0 Å². The lowest BCUT2D eigenvalue weighted by Gasteiger charge is -2.29. The fourth-order valence-corrected chi connectivity index (χ4v) is 4.14. The Kier molecular flexibility index (Phi) is 4.95. The van der Waals surface area contributed by atoms with Crippen LogP contribution in [-0.4, -0.2) is 20.9 Å². The van der Waals surface area contributed by atoms with Crippen LogP contribution in [0.4, 0.5) is 20.2 Å². The van der Waals surface area contributed by atoms with Crippen molar-refractivity contribution in [1.82, 2.24) is 0 Å². The Labute approximate surface area is 150 Å². The van der Waals surface area contributed by atoms with Gasteiger partial charge in [0.2, 0.25) is 5.91 Å². The van der Waals surface area contributed by atoms with E-state index in [9.17, 15) is 22.0 Å². The van der Waals surface area contributed by atoms with E-state index in [1.165, 1.54) is 6.07 Å². The highest BCUT2D eigenvalue weighted by molar-refractivity contribution is 7.92. The van der Waals surface area contributed by atoms with Gasteiger partial charge in [0.1, 0.15) is 16.5 Å². The minimum absolute atomic E-state index is 0.00103. The van der Waals surface area contributed by atoms with E-state index in [1.54, 1.807) is 24.0 Å². The number of carbonyl (C=O) groups excluding carboxylic acids is 1. The van der Waals surface area contributed by atoms with E-state index in [2.05, 4.69) is 4.72 Å². The largest absolute Gasteiger partial charge is 0.312 e. The molecule has 2 aromatic rings. The number of amides is 1. The summed E-state index contributed by atoms with van der Waals surface area (Å²) >= 11 is 0. The molecule has 3 rings (SSSR count). The van der Waals surface area contributed by atoms with Gasteiger partial charge in [0.15, 0.2) is 0 Å². The average Bonchev–Trinajstić information content (AvgIpc) is 2.62. The summed E-state index contributed by atoms with van der Waals surface area (Å²) in [7, 11) is -4.27. The molecule has 0 unspecified atom stereocenters. The SMILES string of the molecule is CCC(=O)N1CCCc2cc(NS(=O)(=O)c3cc(F)ccc3F)ccc21. The molecule has 0 aliphatic carbocycles. The lowest BCUT2D eigenvalue weighted by atomic mass is 10.0. The first-order valence-corrected chi connectivity index (χ1v) is 9.71. The molecule has 8 heteroatoms. The summed E-state index contributed by atoms with van der Waals surface area (Å²) in [6.45, 7) is 2.41. The van der Waals surface area contributed by atoms with E-state index >= 15 is 0 Å². The topological polar surface area (TPSA) is 66.5 Å². The Hall–Kier alpha value is -2.48. The Morgan fingerprint density at radius 3 is 2.69 bits per heavy atom. The zero-order valence-corrected chi connectivity index (χ0v) is 14.9. The van der Waals surface area contributed by atoms with Gasteiger partial charge in [-0.15, -0.1) is 0 Å². The summed E-state index contributed by atoms with van der Waals surface area (Å²) in [4.78, 5) is 13.0. The van der Waals surface area contributed by atoms with E-state index in [-0.39, 0.29) is 11.6 Å². The molecule has 0 aromatic heterocycles. The maximum atomic E-state index is 13.8. The third-order valence-electron chi connectivity index (χ3n) is 4.24. The van der Waals surface area contributed by atoms with Crippen LogP contribution in [0, 0.1) is 11.6 Å². The van der Waals surface area contributed by atoms with Gasteiger partial charge in [-0.25, -0.2) is 17.2 Å². The van der Waals surface area contributed by atoms with Crippen molar-refractivity contribution < 1.29 is 22.0 Å². The monoisotopic (exact) mass is 380 g/mol. The predicted molar refractivity (Wildman–Crippen MR) is 94.6 cm³/mol. The second-order valence-electron chi connectivity index (χ2n) is 6.03. The Bertz CT molecular complexity index is 961. The van der Waals surface area contributed by atoms with Crippen molar-refractivity contribution in [1.29, 1.82) is 0 Å². The number of aryl methyl sites for hydroxylation is 1. The predicted octanol–water partition coefficient (Wildman–Crippen LogP) is 3.45. The van der Waals surface area contributed by atoms with E-state index in [0.717, 1.165) is 29.8 Å². The maximum absolute atomic E-state index is 13.8. The van der Waals surface area contributed by atoms with Crippen LogP contribution in [0.1, 0.15) is 25.3 Å². The first-order valence-electron chi connectivity index (χ1n) is 8.23. The van der Waals surface area contributed by atoms with Crippen LogP contribution < -0.4 is 9.62 Å². The zero-order chi connectivity index (χ0) is 18.9. The third-order valence-corrected chi connectivity index (χ3v) is 5.63. The summed E-state index contributed by atoms with van der Waals surface area (Å²) in [5, 5.41) is 0. The molecule has 1 aliphatic rings. The number of halogens is 2. The molecule has 0 bridgehead atoms. The van der Waals surface area contributed by atoms with Gasteiger partial charge in [-0.05, 0) is 54.8 Å². The average molecular weight is 380 g/mol. The summed E-state index contributed by atoms with van der Waals surface area (Å²) in [6.07, 6.45) is 1.85. The lowest BCUT2D eigenvalue weighted by Crippen LogP contribution is -2.34. The molecule has 0 saturated carbocycles. The number of hydrogen-bond donors (Lipinski definition) is 1. The van der Waals surface area contributed by atoms with Gasteiger partial charge in [0, 0.05) is 24.3 Å². The molecule has 26 heavy (non-hydrogen) atoms. The molecule has 0 saturated heterocycles. The molecule has 0 spiro atoms. The highest BCUT2D eigenvalue weighted by Crippen LogP contribution is 2.31. The van der Waals surface area contributed by atoms with Crippen molar-refractivity contribution >= 4 is 27.3 Å². The van der Waals surface area contributed by atoms with Crippen molar-refractivity contribution in [2.45, 2.75) is 31.1 Å². The van der Waals surface area contributed by atoms with Gasteiger partial charge in [-0.3, -0.25) is 9.52 Å². The molecule has 0 atom stereocenters.